The normalized spacial score (nSPS) is 12.3. The molecule has 0 saturated carbocycles. The van der Waals surface area contributed by atoms with Crippen LogP contribution in [-0.4, -0.2) is 24.7 Å². The van der Waals surface area contributed by atoms with Gasteiger partial charge in [-0.25, -0.2) is 13.4 Å². The van der Waals surface area contributed by atoms with Crippen molar-refractivity contribution in [2.45, 2.75) is 11.3 Å². The smallest absolute Gasteiger partial charge is 0.402 e. The molecule has 0 aliphatic heterocycles. The van der Waals surface area contributed by atoms with Crippen LogP contribution < -0.4 is 4.74 Å². The van der Waals surface area contributed by atoms with Gasteiger partial charge in [0, 0.05) is 10.7 Å². The molecule has 0 spiro atoms. The molecule has 0 fully saturated rings. The number of alkyl halides is 3. The van der Waals surface area contributed by atoms with Crippen LogP contribution in [0.15, 0.2) is 11.1 Å². The van der Waals surface area contributed by atoms with E-state index in [1.165, 1.54) is 22.6 Å². The fourth-order valence-corrected chi connectivity index (χ4v) is 3.01. The molecule has 1 aromatic heterocycles. The van der Waals surface area contributed by atoms with Crippen LogP contribution in [0.4, 0.5) is 18.9 Å². The van der Waals surface area contributed by atoms with Crippen molar-refractivity contribution in [3.8, 4) is 5.75 Å². The molecule has 106 valence electrons. The average Bonchev–Trinajstić information content (AvgIpc) is 2.15. The fraction of sp³-hybridized carbons (Fsp3) is 0.167. The number of rotatable bonds is 3. The lowest BCUT2D eigenvalue weighted by molar-refractivity contribution is -0.389. The molecule has 7 nitrogen and oxygen atoms in total. The van der Waals surface area contributed by atoms with Gasteiger partial charge in [0.25, 0.3) is 9.05 Å². The molecule has 1 aromatic rings. The Morgan fingerprint density at radius 1 is 1.47 bits per heavy atom. The Kier molecular flexibility index (Phi) is 4.46. The number of aromatic nitrogens is 1. The molecular formula is C6HClF3IN2O5S. The van der Waals surface area contributed by atoms with E-state index in [1.807, 2.05) is 0 Å². The Bertz CT molecular complexity index is 634. The maximum absolute atomic E-state index is 12.1. The van der Waals surface area contributed by atoms with Gasteiger partial charge < -0.3 is 4.74 Å². The zero-order valence-electron chi connectivity index (χ0n) is 8.31. The van der Waals surface area contributed by atoms with Gasteiger partial charge in [0.2, 0.25) is 4.90 Å². The molecule has 0 unspecified atom stereocenters. The minimum absolute atomic E-state index is 0.386. The van der Waals surface area contributed by atoms with Crippen molar-refractivity contribution in [1.82, 2.24) is 4.98 Å². The van der Waals surface area contributed by atoms with Crippen molar-refractivity contribution in [1.29, 1.82) is 0 Å². The van der Waals surface area contributed by atoms with Crippen LogP contribution in [0.5, 0.6) is 5.75 Å². The van der Waals surface area contributed by atoms with E-state index in [0.29, 0.717) is 6.20 Å². The molecule has 13 heteroatoms. The Morgan fingerprint density at radius 3 is 2.37 bits per heavy atom. The molecule has 0 saturated heterocycles. The van der Waals surface area contributed by atoms with Crippen LogP contribution in [0.2, 0.25) is 0 Å². The largest absolute Gasteiger partial charge is 0.573 e. The molecule has 1 heterocycles. The summed E-state index contributed by atoms with van der Waals surface area (Å²) in [6.07, 6.45) is -4.86. The monoisotopic (exact) mass is 432 g/mol. The van der Waals surface area contributed by atoms with Gasteiger partial charge in [-0.05, 0) is 22.6 Å². The number of nitro groups is 1. The molecule has 0 aromatic carbocycles. The molecule has 19 heavy (non-hydrogen) atoms. The van der Waals surface area contributed by atoms with Crippen LogP contribution >= 0.6 is 33.3 Å². The van der Waals surface area contributed by atoms with E-state index in [4.69, 9.17) is 10.7 Å². The Balaban J connectivity index is 3.67. The Hall–Kier alpha value is -0.890. The van der Waals surface area contributed by atoms with E-state index in [2.05, 4.69) is 9.72 Å². The van der Waals surface area contributed by atoms with Crippen LogP contribution in [0.1, 0.15) is 0 Å². The van der Waals surface area contributed by atoms with Gasteiger partial charge in [-0.3, -0.25) is 10.1 Å². The number of nitrogens with zero attached hydrogens (tertiary/aromatic N) is 2. The first-order valence-corrected chi connectivity index (χ1v) is 7.35. The zero-order valence-corrected chi connectivity index (χ0v) is 12.0. The maximum atomic E-state index is 12.1. The van der Waals surface area contributed by atoms with Crippen LogP contribution in [0.3, 0.4) is 0 Å². The van der Waals surface area contributed by atoms with Crippen molar-refractivity contribution in [3.05, 3.63) is 20.0 Å². The lowest BCUT2D eigenvalue weighted by Gasteiger charge is -2.11. The average molecular weight is 433 g/mol. The first-order chi connectivity index (χ1) is 8.43. The zero-order chi connectivity index (χ0) is 15.0. The van der Waals surface area contributed by atoms with Gasteiger partial charge in [0.15, 0.2) is 9.45 Å². The van der Waals surface area contributed by atoms with E-state index in [0.717, 1.165) is 0 Å². The second-order valence-corrected chi connectivity index (χ2v) is 6.36. The molecule has 0 atom stereocenters. The van der Waals surface area contributed by atoms with E-state index in [1.54, 1.807) is 0 Å². The SMILES string of the molecule is O=[N+]([O-])c1c(I)ncc(OC(F)(F)F)c1S(=O)(=O)Cl. The molecule has 0 aliphatic rings. The van der Waals surface area contributed by atoms with Crippen molar-refractivity contribution in [2.24, 2.45) is 0 Å². The van der Waals surface area contributed by atoms with Gasteiger partial charge in [-0.15, -0.1) is 13.2 Å². The third kappa shape index (κ3) is 4.04. The lowest BCUT2D eigenvalue weighted by Crippen LogP contribution is -2.19. The molecule has 0 aliphatic carbocycles. The summed E-state index contributed by atoms with van der Waals surface area (Å²) < 4.78 is 61.6. The summed E-state index contributed by atoms with van der Waals surface area (Å²) in [5.41, 5.74) is -1.18. The molecule has 0 radical (unpaired) electrons. The highest BCUT2D eigenvalue weighted by Gasteiger charge is 2.39. The predicted octanol–water partition coefficient (Wildman–Crippen LogP) is 2.42. The Morgan fingerprint density at radius 2 is 2.00 bits per heavy atom. The Labute approximate surface area is 121 Å². The molecular weight excluding hydrogens is 431 g/mol. The molecule has 1 rings (SSSR count). The first-order valence-electron chi connectivity index (χ1n) is 3.97. The summed E-state index contributed by atoms with van der Waals surface area (Å²) in [6.45, 7) is 0. The quantitative estimate of drug-likeness (QED) is 0.239. The minimum atomic E-state index is -5.25. The van der Waals surface area contributed by atoms with Crippen molar-refractivity contribution in [3.63, 3.8) is 0 Å². The van der Waals surface area contributed by atoms with E-state index in [9.17, 15) is 31.7 Å². The fourth-order valence-electron chi connectivity index (χ4n) is 1.04. The first kappa shape index (κ1) is 16.2. The standard InChI is InChI=1S/C6HClF3IN2O5S/c7-19(16,17)4-2(18-6(8,9)10)1-12-5(11)3(4)13(14)15/h1H. The summed E-state index contributed by atoms with van der Waals surface area (Å²) in [6, 6.07) is 0. The van der Waals surface area contributed by atoms with Crippen LogP contribution in [0.25, 0.3) is 0 Å². The van der Waals surface area contributed by atoms with Crippen molar-refractivity contribution in [2.75, 3.05) is 0 Å². The minimum Gasteiger partial charge on any atom is -0.402 e. The van der Waals surface area contributed by atoms with Gasteiger partial charge in [0.1, 0.15) is 0 Å². The number of halogens is 5. The van der Waals surface area contributed by atoms with Crippen LogP contribution in [0, 0.1) is 13.8 Å². The molecule has 0 amide bonds. The summed E-state index contributed by atoms with van der Waals surface area (Å²) in [5.74, 6) is -1.37. The highest BCUT2D eigenvalue weighted by atomic mass is 127. The lowest BCUT2D eigenvalue weighted by atomic mass is 10.4. The highest BCUT2D eigenvalue weighted by molar-refractivity contribution is 14.1. The van der Waals surface area contributed by atoms with Crippen LogP contribution in [-0.2, 0) is 9.05 Å². The van der Waals surface area contributed by atoms with Crippen molar-refractivity contribution >= 4 is 48.0 Å². The predicted molar refractivity (Wildman–Crippen MR) is 63.3 cm³/mol. The summed E-state index contributed by atoms with van der Waals surface area (Å²) in [5, 5.41) is 10.7. The van der Waals surface area contributed by atoms with Gasteiger partial charge in [0.05, 0.1) is 11.1 Å². The van der Waals surface area contributed by atoms with E-state index >= 15 is 0 Å². The second kappa shape index (κ2) is 5.24. The summed E-state index contributed by atoms with van der Waals surface area (Å²) >= 11 is 1.28. The molecule has 0 N–H and O–H groups in total. The number of ether oxygens (including phenoxy) is 1. The number of hydrogen-bond donors (Lipinski definition) is 0. The summed E-state index contributed by atoms with van der Waals surface area (Å²) in [7, 11) is 0.0598. The van der Waals surface area contributed by atoms with Gasteiger partial charge >= 0.3 is 12.0 Å². The van der Waals surface area contributed by atoms with E-state index in [-0.39, 0.29) is 0 Å². The van der Waals surface area contributed by atoms with Crippen molar-refractivity contribution < 1.29 is 31.2 Å². The third-order valence-corrected chi connectivity index (χ3v) is 3.72. The van der Waals surface area contributed by atoms with Gasteiger partial charge in [-0.1, -0.05) is 0 Å². The van der Waals surface area contributed by atoms with E-state index < -0.39 is 40.4 Å². The topological polar surface area (TPSA) is 99.4 Å². The highest BCUT2D eigenvalue weighted by Crippen LogP contribution is 2.39. The number of pyridine rings is 1. The summed E-state index contributed by atoms with van der Waals surface area (Å²) in [4.78, 5) is 11.4. The second-order valence-electron chi connectivity index (χ2n) is 2.83. The van der Waals surface area contributed by atoms with Gasteiger partial charge in [-0.2, -0.15) is 0 Å². The molecule has 0 bridgehead atoms. The number of hydrogen-bond acceptors (Lipinski definition) is 6. The third-order valence-electron chi connectivity index (χ3n) is 1.58. The maximum Gasteiger partial charge on any atom is 0.573 e.